The zero-order valence-electron chi connectivity index (χ0n) is 11.5. The molecule has 1 aromatic carbocycles. The lowest BCUT2D eigenvalue weighted by molar-refractivity contribution is 0.507. The number of halogens is 1. The Morgan fingerprint density at radius 2 is 1.84 bits per heavy atom. The van der Waals surface area contributed by atoms with Crippen molar-refractivity contribution in [1.82, 2.24) is 10.3 Å². The maximum absolute atomic E-state index is 6.45. The molecule has 2 aromatic rings. The summed E-state index contributed by atoms with van der Waals surface area (Å²) < 4.78 is 0. The Bertz CT molecular complexity index is 540. The van der Waals surface area contributed by atoms with Gasteiger partial charge in [0, 0.05) is 29.4 Å². The van der Waals surface area contributed by atoms with Crippen molar-refractivity contribution in [3.63, 3.8) is 0 Å². The second-order valence-corrected chi connectivity index (χ2v) is 5.19. The van der Waals surface area contributed by atoms with Crippen molar-refractivity contribution >= 4 is 11.6 Å². The van der Waals surface area contributed by atoms with Gasteiger partial charge in [0.1, 0.15) is 0 Å². The predicted molar refractivity (Wildman–Crippen MR) is 80.6 cm³/mol. The lowest BCUT2D eigenvalue weighted by Gasteiger charge is -2.25. The number of nitrogens with one attached hydrogen (secondary N) is 1. The van der Waals surface area contributed by atoms with Gasteiger partial charge in [-0.15, -0.1) is 0 Å². The zero-order chi connectivity index (χ0) is 13.8. The Labute approximate surface area is 119 Å². The van der Waals surface area contributed by atoms with E-state index in [1.807, 2.05) is 32.4 Å². The third kappa shape index (κ3) is 2.96. The van der Waals surface area contributed by atoms with Crippen LogP contribution in [-0.4, -0.2) is 12.0 Å². The van der Waals surface area contributed by atoms with Gasteiger partial charge in [0.2, 0.25) is 0 Å². The fourth-order valence-corrected chi connectivity index (χ4v) is 2.69. The van der Waals surface area contributed by atoms with E-state index in [9.17, 15) is 0 Å². The highest BCUT2D eigenvalue weighted by Gasteiger charge is 2.21. The summed E-state index contributed by atoms with van der Waals surface area (Å²) in [6, 6.07) is 10.5. The van der Waals surface area contributed by atoms with E-state index >= 15 is 0 Å². The van der Waals surface area contributed by atoms with Gasteiger partial charge >= 0.3 is 0 Å². The van der Waals surface area contributed by atoms with E-state index in [2.05, 4.69) is 41.5 Å². The molecule has 0 spiro atoms. The quantitative estimate of drug-likeness (QED) is 0.908. The lowest BCUT2D eigenvalue weighted by atomic mass is 9.88. The molecule has 0 fully saturated rings. The normalized spacial score (nSPS) is 14.1. The maximum Gasteiger partial charge on any atom is 0.0483 e. The van der Waals surface area contributed by atoms with Crippen LogP contribution in [0.15, 0.2) is 42.7 Å². The highest BCUT2D eigenvalue weighted by atomic mass is 35.5. The lowest BCUT2D eigenvalue weighted by Crippen LogP contribution is -2.22. The number of benzene rings is 1. The van der Waals surface area contributed by atoms with Crippen LogP contribution in [0.5, 0.6) is 0 Å². The van der Waals surface area contributed by atoms with Gasteiger partial charge in [-0.1, -0.05) is 36.7 Å². The van der Waals surface area contributed by atoms with E-state index in [-0.39, 0.29) is 6.04 Å². The standard InChI is InChI=1S/C16H19ClN2/c1-11-5-4-6-14(15(11)17)16(18-3)12(2)13-7-9-19-10-8-13/h4-10,12,16,18H,1-3H3. The summed E-state index contributed by atoms with van der Waals surface area (Å²) in [6.45, 7) is 4.24. The van der Waals surface area contributed by atoms with Gasteiger partial charge in [0.25, 0.3) is 0 Å². The van der Waals surface area contributed by atoms with E-state index in [1.54, 1.807) is 0 Å². The minimum atomic E-state index is 0.190. The second kappa shape index (κ2) is 6.18. The summed E-state index contributed by atoms with van der Waals surface area (Å²) in [5.74, 6) is 0.326. The van der Waals surface area contributed by atoms with Crippen molar-refractivity contribution < 1.29 is 0 Å². The highest BCUT2D eigenvalue weighted by molar-refractivity contribution is 6.32. The van der Waals surface area contributed by atoms with Crippen molar-refractivity contribution in [3.8, 4) is 0 Å². The van der Waals surface area contributed by atoms with Crippen LogP contribution >= 0.6 is 11.6 Å². The summed E-state index contributed by atoms with van der Waals surface area (Å²) in [5.41, 5.74) is 3.52. The van der Waals surface area contributed by atoms with E-state index < -0.39 is 0 Å². The van der Waals surface area contributed by atoms with Crippen LogP contribution in [0.1, 0.15) is 35.6 Å². The van der Waals surface area contributed by atoms with Crippen LogP contribution in [0.4, 0.5) is 0 Å². The Morgan fingerprint density at radius 3 is 2.47 bits per heavy atom. The first-order valence-electron chi connectivity index (χ1n) is 6.47. The first-order chi connectivity index (χ1) is 9.15. The van der Waals surface area contributed by atoms with Crippen LogP contribution in [0.2, 0.25) is 5.02 Å². The molecule has 0 aliphatic rings. The van der Waals surface area contributed by atoms with Crippen LogP contribution in [-0.2, 0) is 0 Å². The molecule has 0 saturated heterocycles. The topological polar surface area (TPSA) is 24.9 Å². The van der Waals surface area contributed by atoms with E-state index in [0.29, 0.717) is 5.92 Å². The number of aryl methyl sites for hydroxylation is 1. The van der Waals surface area contributed by atoms with E-state index in [1.165, 1.54) is 5.56 Å². The van der Waals surface area contributed by atoms with E-state index in [0.717, 1.165) is 16.1 Å². The molecule has 2 rings (SSSR count). The van der Waals surface area contributed by atoms with Gasteiger partial charge in [-0.3, -0.25) is 4.98 Å². The van der Waals surface area contributed by atoms with Crippen LogP contribution in [0.3, 0.4) is 0 Å². The molecule has 19 heavy (non-hydrogen) atoms. The van der Waals surface area contributed by atoms with Crippen molar-refractivity contribution in [2.24, 2.45) is 0 Å². The third-order valence-corrected chi connectivity index (χ3v) is 4.12. The monoisotopic (exact) mass is 274 g/mol. The minimum absolute atomic E-state index is 0.190. The van der Waals surface area contributed by atoms with Crippen LogP contribution in [0.25, 0.3) is 0 Å². The van der Waals surface area contributed by atoms with Gasteiger partial charge in [0.15, 0.2) is 0 Å². The molecule has 0 radical (unpaired) electrons. The Kier molecular flexibility index (Phi) is 4.56. The molecule has 0 saturated carbocycles. The summed E-state index contributed by atoms with van der Waals surface area (Å²) in [6.07, 6.45) is 3.66. The number of pyridine rings is 1. The first-order valence-corrected chi connectivity index (χ1v) is 6.85. The molecule has 2 nitrogen and oxygen atoms in total. The van der Waals surface area contributed by atoms with Crippen molar-refractivity contribution in [3.05, 3.63) is 64.4 Å². The number of aromatic nitrogens is 1. The molecule has 0 amide bonds. The molecule has 1 aromatic heterocycles. The van der Waals surface area contributed by atoms with E-state index in [4.69, 9.17) is 11.6 Å². The molecule has 0 aliphatic carbocycles. The van der Waals surface area contributed by atoms with Gasteiger partial charge in [0.05, 0.1) is 0 Å². The highest BCUT2D eigenvalue weighted by Crippen LogP contribution is 2.35. The summed E-state index contributed by atoms with van der Waals surface area (Å²) in [4.78, 5) is 4.07. The molecule has 2 atom stereocenters. The maximum atomic E-state index is 6.45. The average Bonchev–Trinajstić information content (AvgIpc) is 2.45. The molecule has 0 bridgehead atoms. The molecule has 3 heteroatoms. The minimum Gasteiger partial charge on any atom is -0.312 e. The number of hydrogen-bond acceptors (Lipinski definition) is 2. The average molecular weight is 275 g/mol. The predicted octanol–water partition coefficient (Wildman–Crippen LogP) is 4.11. The Balaban J connectivity index is 2.37. The SMILES string of the molecule is CNC(c1cccc(C)c1Cl)C(C)c1ccncc1. The third-order valence-electron chi connectivity index (χ3n) is 3.60. The molecular weight excluding hydrogens is 256 g/mol. The molecule has 1 N–H and O–H groups in total. The summed E-state index contributed by atoms with van der Waals surface area (Å²) in [5, 5.41) is 4.23. The van der Waals surface area contributed by atoms with Crippen LogP contribution in [0, 0.1) is 6.92 Å². The van der Waals surface area contributed by atoms with Gasteiger partial charge in [-0.2, -0.15) is 0 Å². The Morgan fingerprint density at radius 1 is 1.16 bits per heavy atom. The second-order valence-electron chi connectivity index (χ2n) is 4.81. The first kappa shape index (κ1) is 14.0. The molecular formula is C16H19ClN2. The zero-order valence-corrected chi connectivity index (χ0v) is 12.3. The van der Waals surface area contributed by atoms with Crippen molar-refractivity contribution in [1.29, 1.82) is 0 Å². The molecule has 2 unspecified atom stereocenters. The van der Waals surface area contributed by atoms with Crippen LogP contribution < -0.4 is 5.32 Å². The van der Waals surface area contributed by atoms with Crippen molar-refractivity contribution in [2.45, 2.75) is 25.8 Å². The Hall–Kier alpha value is -1.38. The fourth-order valence-electron chi connectivity index (χ4n) is 2.44. The van der Waals surface area contributed by atoms with Gasteiger partial charge in [-0.25, -0.2) is 0 Å². The number of rotatable bonds is 4. The van der Waals surface area contributed by atoms with Gasteiger partial charge in [-0.05, 0) is 42.8 Å². The number of hydrogen-bond donors (Lipinski definition) is 1. The molecule has 1 heterocycles. The summed E-state index contributed by atoms with van der Waals surface area (Å²) >= 11 is 6.45. The summed E-state index contributed by atoms with van der Waals surface area (Å²) in [7, 11) is 1.97. The number of nitrogens with zero attached hydrogens (tertiary/aromatic N) is 1. The molecule has 100 valence electrons. The molecule has 0 aliphatic heterocycles. The largest absolute Gasteiger partial charge is 0.312 e. The number of likely N-dealkylation sites (N-methyl/N-ethyl adjacent to an activating group) is 1. The smallest absolute Gasteiger partial charge is 0.0483 e. The fraction of sp³-hybridized carbons (Fsp3) is 0.312. The van der Waals surface area contributed by atoms with Gasteiger partial charge < -0.3 is 5.32 Å². The van der Waals surface area contributed by atoms with Crippen molar-refractivity contribution in [2.75, 3.05) is 7.05 Å².